The number of benzene rings is 1. The number of nitrogens with zero attached hydrogens (tertiary/aromatic N) is 1. The van der Waals surface area contributed by atoms with Crippen LogP contribution in [0.15, 0.2) is 30.3 Å². The molecule has 1 aliphatic heterocycles. The average molecular weight is 275 g/mol. The molecule has 4 heteroatoms. The molecule has 4 nitrogen and oxygen atoms in total. The molecule has 108 valence electrons. The summed E-state index contributed by atoms with van der Waals surface area (Å²) < 4.78 is 5.30. The Labute approximate surface area is 119 Å². The van der Waals surface area contributed by atoms with Gasteiger partial charge in [0.15, 0.2) is 0 Å². The molecule has 2 rings (SSSR count). The first-order valence-corrected chi connectivity index (χ1v) is 6.93. The van der Waals surface area contributed by atoms with E-state index in [9.17, 15) is 9.59 Å². The van der Waals surface area contributed by atoms with Gasteiger partial charge in [-0.1, -0.05) is 30.3 Å². The highest BCUT2D eigenvalue weighted by molar-refractivity contribution is 5.80. The van der Waals surface area contributed by atoms with Gasteiger partial charge in [-0.2, -0.15) is 0 Å². The Kier molecular flexibility index (Phi) is 4.12. The van der Waals surface area contributed by atoms with Crippen LogP contribution in [-0.4, -0.2) is 35.0 Å². The highest BCUT2D eigenvalue weighted by Crippen LogP contribution is 2.32. The van der Waals surface area contributed by atoms with E-state index in [1.807, 2.05) is 39.0 Å². The van der Waals surface area contributed by atoms with Crippen molar-refractivity contribution in [2.24, 2.45) is 0 Å². The van der Waals surface area contributed by atoms with Gasteiger partial charge >= 0.3 is 6.09 Å². The molecule has 1 fully saturated rings. The number of hydrogen-bond donors (Lipinski definition) is 0. The number of ether oxygens (including phenoxy) is 1. The highest BCUT2D eigenvalue weighted by Gasteiger charge is 2.52. The minimum atomic E-state index is -0.531. The maximum atomic E-state index is 12.0. The molecular formula is C16H21NO3. The third-order valence-corrected chi connectivity index (χ3v) is 3.30. The lowest BCUT2D eigenvalue weighted by atomic mass is 10.1. The third kappa shape index (κ3) is 3.59. The summed E-state index contributed by atoms with van der Waals surface area (Å²) in [4.78, 5) is 24.5. The van der Waals surface area contributed by atoms with Gasteiger partial charge in [-0.15, -0.1) is 0 Å². The molecule has 0 aliphatic carbocycles. The van der Waals surface area contributed by atoms with Crippen LogP contribution in [0.4, 0.5) is 4.79 Å². The molecule has 0 N–H and O–H groups in total. The van der Waals surface area contributed by atoms with E-state index in [0.29, 0.717) is 0 Å². The first-order chi connectivity index (χ1) is 9.42. The van der Waals surface area contributed by atoms with Gasteiger partial charge in [-0.25, -0.2) is 4.79 Å². The summed E-state index contributed by atoms with van der Waals surface area (Å²) in [6.07, 6.45) is 2.08. The summed E-state index contributed by atoms with van der Waals surface area (Å²) in [5, 5.41) is 0. The standard InChI is InChI=1S/C16H21NO3/c1-16(2,3)20-15(19)17-13(14(17)11-18)10-9-12-7-5-4-6-8-12/h4-8,11,13-14H,9-10H2,1-3H3/t13-,14-,17?/m1/s1. The number of hydrogen-bond acceptors (Lipinski definition) is 3. The SMILES string of the molecule is CC(C)(C)OC(=O)N1[C@H](C=O)[C@H]1CCc1ccccc1. The Morgan fingerprint density at radius 1 is 1.30 bits per heavy atom. The number of carbonyl (C=O) groups excluding carboxylic acids is 2. The summed E-state index contributed by atoms with van der Waals surface area (Å²) in [7, 11) is 0. The Morgan fingerprint density at radius 2 is 1.95 bits per heavy atom. The normalized spacial score (nSPS) is 21.4. The maximum Gasteiger partial charge on any atom is 0.411 e. The van der Waals surface area contributed by atoms with Crippen LogP contribution >= 0.6 is 0 Å². The molecule has 1 heterocycles. The van der Waals surface area contributed by atoms with E-state index >= 15 is 0 Å². The number of rotatable bonds is 4. The van der Waals surface area contributed by atoms with Gasteiger partial charge in [0.25, 0.3) is 0 Å². The van der Waals surface area contributed by atoms with E-state index in [2.05, 4.69) is 12.1 Å². The van der Waals surface area contributed by atoms with Gasteiger partial charge in [0.05, 0.1) is 6.04 Å². The summed E-state index contributed by atoms with van der Waals surface area (Å²) in [6, 6.07) is 9.71. The quantitative estimate of drug-likeness (QED) is 0.627. The predicted molar refractivity (Wildman–Crippen MR) is 76.5 cm³/mol. The molecule has 1 amide bonds. The van der Waals surface area contributed by atoms with Crippen LogP contribution in [0.2, 0.25) is 0 Å². The first-order valence-electron chi connectivity index (χ1n) is 6.93. The summed E-state index contributed by atoms with van der Waals surface area (Å²) in [5.74, 6) is 0. The van der Waals surface area contributed by atoms with E-state index in [-0.39, 0.29) is 12.1 Å². The molecule has 0 spiro atoms. The predicted octanol–water partition coefficient (Wildman–Crippen LogP) is 2.81. The van der Waals surface area contributed by atoms with Crippen LogP contribution in [0.5, 0.6) is 0 Å². The van der Waals surface area contributed by atoms with Crippen molar-refractivity contribution in [2.45, 2.75) is 51.3 Å². The van der Waals surface area contributed by atoms with Crippen LogP contribution in [0.1, 0.15) is 32.8 Å². The van der Waals surface area contributed by atoms with E-state index in [1.165, 1.54) is 10.5 Å². The fourth-order valence-corrected chi connectivity index (χ4v) is 2.30. The van der Waals surface area contributed by atoms with E-state index in [0.717, 1.165) is 19.1 Å². The number of amides is 1. The minimum Gasteiger partial charge on any atom is -0.444 e. The molecule has 20 heavy (non-hydrogen) atoms. The van der Waals surface area contributed by atoms with Crippen molar-refractivity contribution in [3.63, 3.8) is 0 Å². The summed E-state index contributed by atoms with van der Waals surface area (Å²) in [6.45, 7) is 5.47. The van der Waals surface area contributed by atoms with Gasteiger partial charge < -0.3 is 9.53 Å². The van der Waals surface area contributed by atoms with E-state index in [4.69, 9.17) is 4.74 Å². The second kappa shape index (κ2) is 5.65. The fraction of sp³-hybridized carbons (Fsp3) is 0.500. The van der Waals surface area contributed by atoms with Crippen molar-refractivity contribution in [1.82, 2.24) is 4.90 Å². The van der Waals surface area contributed by atoms with Gasteiger partial charge in [0.2, 0.25) is 0 Å². The highest BCUT2D eigenvalue weighted by atomic mass is 16.6. The molecular weight excluding hydrogens is 254 g/mol. The second-order valence-corrected chi connectivity index (χ2v) is 6.11. The van der Waals surface area contributed by atoms with Gasteiger partial charge in [-0.3, -0.25) is 4.90 Å². The third-order valence-electron chi connectivity index (χ3n) is 3.30. The van der Waals surface area contributed by atoms with Crippen molar-refractivity contribution < 1.29 is 14.3 Å². The molecule has 1 aromatic rings. The van der Waals surface area contributed by atoms with Gasteiger partial charge in [-0.05, 0) is 39.2 Å². The minimum absolute atomic E-state index is 0.0254. The van der Waals surface area contributed by atoms with Crippen molar-refractivity contribution in [1.29, 1.82) is 0 Å². The molecule has 1 saturated heterocycles. The van der Waals surface area contributed by atoms with Crippen molar-refractivity contribution >= 4 is 12.4 Å². The molecule has 0 bridgehead atoms. The lowest BCUT2D eigenvalue weighted by Crippen LogP contribution is -2.28. The van der Waals surface area contributed by atoms with Gasteiger partial charge in [0, 0.05) is 0 Å². The number of aryl methyl sites for hydroxylation is 1. The Balaban J connectivity index is 1.89. The molecule has 0 aromatic heterocycles. The van der Waals surface area contributed by atoms with Crippen molar-refractivity contribution in [3.05, 3.63) is 35.9 Å². The molecule has 1 aliphatic rings. The van der Waals surface area contributed by atoms with E-state index in [1.54, 1.807) is 0 Å². The average Bonchev–Trinajstić information content (AvgIpc) is 3.09. The van der Waals surface area contributed by atoms with Crippen molar-refractivity contribution in [2.75, 3.05) is 0 Å². The van der Waals surface area contributed by atoms with Crippen LogP contribution in [0, 0.1) is 0 Å². The zero-order valence-corrected chi connectivity index (χ0v) is 12.2. The summed E-state index contributed by atoms with van der Waals surface area (Å²) in [5.41, 5.74) is 0.685. The fourth-order valence-electron chi connectivity index (χ4n) is 2.30. The number of aldehydes is 1. The van der Waals surface area contributed by atoms with Crippen LogP contribution in [0.3, 0.4) is 0 Å². The van der Waals surface area contributed by atoms with Gasteiger partial charge in [0.1, 0.15) is 17.9 Å². The Morgan fingerprint density at radius 3 is 2.50 bits per heavy atom. The Hall–Kier alpha value is -1.84. The zero-order chi connectivity index (χ0) is 14.8. The van der Waals surface area contributed by atoms with E-state index < -0.39 is 11.7 Å². The molecule has 0 saturated carbocycles. The zero-order valence-electron chi connectivity index (χ0n) is 12.2. The lowest BCUT2D eigenvalue weighted by Gasteiger charge is -2.20. The number of carbonyl (C=O) groups is 2. The maximum absolute atomic E-state index is 12.0. The van der Waals surface area contributed by atoms with Crippen LogP contribution < -0.4 is 0 Å². The summed E-state index contributed by atoms with van der Waals surface area (Å²) >= 11 is 0. The monoisotopic (exact) mass is 275 g/mol. The first kappa shape index (κ1) is 14.6. The molecule has 1 aromatic carbocycles. The topological polar surface area (TPSA) is 46.4 Å². The Bertz CT molecular complexity index is 478. The molecule has 0 radical (unpaired) electrons. The second-order valence-electron chi connectivity index (χ2n) is 6.11. The lowest BCUT2D eigenvalue weighted by molar-refractivity contribution is -0.108. The largest absolute Gasteiger partial charge is 0.444 e. The van der Waals surface area contributed by atoms with Crippen LogP contribution in [-0.2, 0) is 16.0 Å². The van der Waals surface area contributed by atoms with Crippen LogP contribution in [0.25, 0.3) is 0 Å². The molecule has 2 atom stereocenters. The van der Waals surface area contributed by atoms with Crippen molar-refractivity contribution in [3.8, 4) is 0 Å². The smallest absolute Gasteiger partial charge is 0.411 e. The molecule has 0 unspecified atom stereocenters.